The van der Waals surface area contributed by atoms with E-state index in [4.69, 9.17) is 5.26 Å². The molecule has 1 aliphatic rings. The summed E-state index contributed by atoms with van der Waals surface area (Å²) in [6, 6.07) is 11.6. The monoisotopic (exact) mass is 228 g/mol. The average Bonchev–Trinajstić information content (AvgIpc) is 3.10. The summed E-state index contributed by atoms with van der Waals surface area (Å²) in [6.45, 7) is 2.12. The summed E-state index contributed by atoms with van der Waals surface area (Å²) >= 11 is 0. The van der Waals surface area contributed by atoms with E-state index < -0.39 is 5.92 Å². The van der Waals surface area contributed by atoms with Gasteiger partial charge in [0.05, 0.1) is 6.07 Å². The second kappa shape index (κ2) is 5.01. The molecule has 1 fully saturated rings. The Morgan fingerprint density at radius 2 is 2.24 bits per heavy atom. The summed E-state index contributed by atoms with van der Waals surface area (Å²) in [7, 11) is 0. The van der Waals surface area contributed by atoms with Crippen molar-refractivity contribution in [3.8, 4) is 6.07 Å². The van der Waals surface area contributed by atoms with Gasteiger partial charge in [0.2, 0.25) is 5.91 Å². The van der Waals surface area contributed by atoms with Crippen molar-refractivity contribution in [2.45, 2.75) is 31.7 Å². The lowest BCUT2D eigenvalue weighted by Gasteiger charge is -2.10. The number of benzene rings is 1. The fraction of sp³-hybridized carbons (Fsp3) is 0.429. The van der Waals surface area contributed by atoms with E-state index in [1.807, 2.05) is 30.3 Å². The number of carbonyl (C=O) groups is 1. The zero-order valence-corrected chi connectivity index (χ0v) is 9.89. The Bertz CT molecular complexity index is 435. The third-order valence-corrected chi connectivity index (χ3v) is 3.30. The predicted octanol–water partition coefficient (Wildman–Crippen LogP) is 2.21. The van der Waals surface area contributed by atoms with Gasteiger partial charge in [0, 0.05) is 6.04 Å². The first kappa shape index (κ1) is 11.7. The minimum absolute atomic E-state index is 0.167. The van der Waals surface area contributed by atoms with Crippen LogP contribution in [0.1, 0.15) is 31.2 Å². The van der Waals surface area contributed by atoms with Gasteiger partial charge in [0.15, 0.2) is 0 Å². The van der Waals surface area contributed by atoms with Crippen LogP contribution >= 0.6 is 0 Å². The zero-order valence-electron chi connectivity index (χ0n) is 9.89. The van der Waals surface area contributed by atoms with E-state index in [2.05, 4.69) is 18.3 Å². The summed E-state index contributed by atoms with van der Waals surface area (Å²) in [5.74, 6) is -0.247. The molecule has 3 heteroatoms. The quantitative estimate of drug-likeness (QED) is 0.859. The lowest BCUT2D eigenvalue weighted by Crippen LogP contribution is -2.31. The van der Waals surface area contributed by atoms with Crippen molar-refractivity contribution < 1.29 is 4.79 Å². The first-order valence-corrected chi connectivity index (χ1v) is 6.01. The van der Waals surface area contributed by atoms with Crippen LogP contribution in [0, 0.1) is 17.2 Å². The van der Waals surface area contributed by atoms with E-state index in [0.29, 0.717) is 5.92 Å². The van der Waals surface area contributed by atoms with Crippen molar-refractivity contribution in [2.24, 2.45) is 5.92 Å². The van der Waals surface area contributed by atoms with Crippen molar-refractivity contribution in [1.29, 1.82) is 5.26 Å². The van der Waals surface area contributed by atoms with Crippen molar-refractivity contribution in [1.82, 2.24) is 5.32 Å². The molecule has 2 rings (SSSR count). The maximum absolute atomic E-state index is 12.0. The molecule has 1 aromatic rings. The molecule has 88 valence electrons. The Morgan fingerprint density at radius 3 is 2.76 bits per heavy atom. The van der Waals surface area contributed by atoms with Gasteiger partial charge >= 0.3 is 0 Å². The van der Waals surface area contributed by atoms with Crippen LogP contribution < -0.4 is 5.32 Å². The Hall–Kier alpha value is -1.82. The third kappa shape index (κ3) is 2.65. The van der Waals surface area contributed by atoms with Crippen LogP contribution in [0.3, 0.4) is 0 Å². The van der Waals surface area contributed by atoms with Gasteiger partial charge in [-0.15, -0.1) is 0 Å². The highest BCUT2D eigenvalue weighted by molar-refractivity contribution is 5.86. The molecule has 3 nitrogen and oxygen atoms in total. The molecule has 1 amide bonds. The molecular weight excluding hydrogens is 212 g/mol. The van der Waals surface area contributed by atoms with Crippen LogP contribution in [0.15, 0.2) is 30.3 Å². The van der Waals surface area contributed by atoms with E-state index in [-0.39, 0.29) is 11.9 Å². The van der Waals surface area contributed by atoms with Crippen LogP contribution in [0.5, 0.6) is 0 Å². The highest BCUT2D eigenvalue weighted by Gasteiger charge is 2.37. The molecule has 0 aliphatic heterocycles. The van der Waals surface area contributed by atoms with Gasteiger partial charge in [-0.05, 0) is 17.9 Å². The number of nitriles is 1. The lowest BCUT2D eigenvalue weighted by molar-refractivity contribution is -0.121. The minimum atomic E-state index is -0.686. The Kier molecular flexibility index (Phi) is 3.43. The van der Waals surface area contributed by atoms with E-state index in [9.17, 15) is 4.79 Å². The first-order chi connectivity index (χ1) is 8.26. The molecule has 1 aliphatic carbocycles. The summed E-state index contributed by atoms with van der Waals surface area (Å²) in [6.07, 6.45) is 2.14. The molecule has 1 N–H and O–H groups in total. The van der Waals surface area contributed by atoms with Crippen molar-refractivity contribution in [3.05, 3.63) is 35.9 Å². The van der Waals surface area contributed by atoms with Crippen molar-refractivity contribution in [3.63, 3.8) is 0 Å². The number of hydrogen-bond acceptors (Lipinski definition) is 2. The van der Waals surface area contributed by atoms with Gasteiger partial charge in [-0.25, -0.2) is 0 Å². The van der Waals surface area contributed by atoms with Gasteiger partial charge in [-0.1, -0.05) is 43.7 Å². The van der Waals surface area contributed by atoms with Gasteiger partial charge in [0.1, 0.15) is 5.92 Å². The fourth-order valence-electron chi connectivity index (χ4n) is 2.07. The molecular formula is C14H16N2O. The number of nitrogens with zero attached hydrogens (tertiary/aromatic N) is 1. The smallest absolute Gasteiger partial charge is 0.242 e. The Morgan fingerprint density at radius 1 is 1.53 bits per heavy atom. The minimum Gasteiger partial charge on any atom is -0.352 e. The lowest BCUT2D eigenvalue weighted by atomic mass is 10.00. The largest absolute Gasteiger partial charge is 0.352 e. The fourth-order valence-corrected chi connectivity index (χ4v) is 2.07. The summed E-state index contributed by atoms with van der Waals surface area (Å²) in [4.78, 5) is 12.0. The summed E-state index contributed by atoms with van der Waals surface area (Å²) in [5, 5.41) is 12.0. The molecule has 0 saturated heterocycles. The molecule has 0 spiro atoms. The number of rotatable bonds is 4. The van der Waals surface area contributed by atoms with Gasteiger partial charge in [-0.2, -0.15) is 5.26 Å². The molecule has 0 heterocycles. The van der Waals surface area contributed by atoms with Crippen LogP contribution in [0.2, 0.25) is 0 Å². The highest BCUT2D eigenvalue weighted by Crippen LogP contribution is 2.33. The van der Waals surface area contributed by atoms with E-state index in [1.165, 1.54) is 0 Å². The standard InChI is InChI=1S/C14H16N2O/c1-2-10-8-13(10)16-14(17)12(9-15)11-6-4-3-5-7-11/h3-7,10,12-13H,2,8H2,1H3,(H,16,17). The molecule has 3 atom stereocenters. The summed E-state index contributed by atoms with van der Waals surface area (Å²) < 4.78 is 0. The molecule has 3 unspecified atom stereocenters. The molecule has 17 heavy (non-hydrogen) atoms. The molecule has 0 radical (unpaired) electrons. The Labute approximate surface area is 101 Å². The number of amides is 1. The predicted molar refractivity (Wildman–Crippen MR) is 65.1 cm³/mol. The van der Waals surface area contributed by atoms with Crippen molar-refractivity contribution in [2.75, 3.05) is 0 Å². The maximum Gasteiger partial charge on any atom is 0.242 e. The molecule has 1 aromatic carbocycles. The average molecular weight is 228 g/mol. The first-order valence-electron chi connectivity index (χ1n) is 6.01. The van der Waals surface area contributed by atoms with E-state index in [1.54, 1.807) is 0 Å². The van der Waals surface area contributed by atoms with Crippen LogP contribution in [-0.2, 0) is 4.79 Å². The number of carbonyl (C=O) groups excluding carboxylic acids is 1. The molecule has 1 saturated carbocycles. The normalized spacial score (nSPS) is 23.5. The maximum atomic E-state index is 12.0. The highest BCUT2D eigenvalue weighted by atomic mass is 16.2. The number of nitrogens with one attached hydrogen (secondary N) is 1. The topological polar surface area (TPSA) is 52.9 Å². The number of hydrogen-bond donors (Lipinski definition) is 1. The third-order valence-electron chi connectivity index (χ3n) is 3.30. The Balaban J connectivity index is 2.00. The van der Waals surface area contributed by atoms with Crippen LogP contribution in [0.25, 0.3) is 0 Å². The second-order valence-electron chi connectivity index (χ2n) is 4.49. The van der Waals surface area contributed by atoms with Crippen LogP contribution in [0.4, 0.5) is 0 Å². The van der Waals surface area contributed by atoms with Crippen molar-refractivity contribution >= 4 is 5.91 Å². The van der Waals surface area contributed by atoms with E-state index >= 15 is 0 Å². The molecule has 0 aromatic heterocycles. The van der Waals surface area contributed by atoms with Crippen LogP contribution in [-0.4, -0.2) is 11.9 Å². The molecule has 0 bridgehead atoms. The van der Waals surface area contributed by atoms with Gasteiger partial charge < -0.3 is 5.32 Å². The summed E-state index contributed by atoms with van der Waals surface area (Å²) in [5.41, 5.74) is 0.765. The van der Waals surface area contributed by atoms with E-state index in [0.717, 1.165) is 18.4 Å². The van der Waals surface area contributed by atoms with Gasteiger partial charge in [-0.3, -0.25) is 4.79 Å². The zero-order chi connectivity index (χ0) is 12.3. The second-order valence-corrected chi connectivity index (χ2v) is 4.49. The SMILES string of the molecule is CCC1CC1NC(=O)C(C#N)c1ccccc1. The van der Waals surface area contributed by atoms with Gasteiger partial charge in [0.25, 0.3) is 0 Å².